The first-order valence-electron chi connectivity index (χ1n) is 19.7. The Morgan fingerprint density at radius 1 is 0.620 bits per heavy atom. The second kappa shape index (κ2) is 24.8. The van der Waals surface area contributed by atoms with Gasteiger partial charge in [-0.25, -0.2) is 0 Å². The summed E-state index contributed by atoms with van der Waals surface area (Å²) in [5, 5.41) is 104. The van der Waals surface area contributed by atoms with Crippen LogP contribution in [-0.2, 0) is 35.3 Å². The molecule has 71 heavy (non-hydrogen) atoms. The Hall–Kier alpha value is -10.6. The van der Waals surface area contributed by atoms with E-state index in [2.05, 4.69) is 16.0 Å². The van der Waals surface area contributed by atoms with Gasteiger partial charge in [0.25, 0.3) is 23.6 Å². The first kappa shape index (κ1) is 54.7. The molecule has 376 valence electrons. The predicted octanol–water partition coefficient (Wildman–Crippen LogP) is -6.51. The van der Waals surface area contributed by atoms with Gasteiger partial charge in [-0.2, -0.15) is 5.26 Å². The van der Waals surface area contributed by atoms with Gasteiger partial charge in [-0.05, 0) is 23.3 Å². The summed E-state index contributed by atoms with van der Waals surface area (Å²) in [6.07, 6.45) is -8.32. The summed E-state index contributed by atoms with van der Waals surface area (Å²) < 4.78 is 0. The molecule has 0 aliphatic rings. The Kier molecular flexibility index (Phi) is 19.1. The quantitative estimate of drug-likeness (QED) is 0.0138. The van der Waals surface area contributed by atoms with E-state index in [1.165, 1.54) is 54.6 Å². The highest BCUT2D eigenvalue weighted by molar-refractivity contribution is 6.00. The fourth-order valence-electron chi connectivity index (χ4n) is 6.10. The number of nitriles is 1. The third-order valence-electron chi connectivity index (χ3n) is 9.12. The zero-order valence-corrected chi connectivity index (χ0v) is 36.4. The van der Waals surface area contributed by atoms with E-state index < -0.39 is 142 Å². The highest BCUT2D eigenvalue weighted by Gasteiger charge is 2.40. The van der Waals surface area contributed by atoms with E-state index in [9.17, 15) is 64.5 Å². The standard InChI is InChI=1S/C37H46N22O12/c38-12-16-10-19(58(68)69)23(20(11-16)59(70)71)57(13-15-6-8-18(61)9-7-15)21(14-60)29(63)48-22(17-4-2-1-3-5-17)30(64)50-26(54-35(42)43)32(66)52-28(56-37(46)47)33(67)51-27(55-36(44)45)31(65)49-25(24(39)62)53-34(40)41/h1-11,21-22,25-28,60-61H,13-14H2,(H2,39,62)(H,48,63)(H,49,65)(H,50,64)(H,51,67)(H,52,66)(H4,40,41,53)(H4,42,43,54)(H4,44,45,55)(H4,46,47,56). The lowest BCUT2D eigenvalue weighted by Gasteiger charge is -2.32. The van der Waals surface area contributed by atoms with Crippen molar-refractivity contribution in [2.45, 2.75) is 43.3 Å². The van der Waals surface area contributed by atoms with Gasteiger partial charge in [0.1, 0.15) is 17.8 Å². The lowest BCUT2D eigenvalue weighted by atomic mass is 10.0. The van der Waals surface area contributed by atoms with E-state index in [1.807, 2.05) is 31.9 Å². The van der Waals surface area contributed by atoms with Crippen LogP contribution in [0.3, 0.4) is 0 Å². The van der Waals surface area contributed by atoms with Crippen molar-refractivity contribution >= 4 is 76.3 Å². The molecule has 3 rings (SSSR count). The van der Waals surface area contributed by atoms with Crippen molar-refractivity contribution in [1.29, 1.82) is 26.9 Å². The van der Waals surface area contributed by atoms with E-state index in [0.717, 1.165) is 4.90 Å². The molecule has 0 saturated carbocycles. The summed E-state index contributed by atoms with van der Waals surface area (Å²) in [4.78, 5) is 104. The van der Waals surface area contributed by atoms with Crippen molar-refractivity contribution in [2.75, 3.05) is 11.5 Å². The number of carbonyl (C=O) groups is 6. The zero-order valence-electron chi connectivity index (χ0n) is 36.4. The second-order valence-electron chi connectivity index (χ2n) is 14.2. The smallest absolute Gasteiger partial charge is 0.301 e. The van der Waals surface area contributed by atoms with Gasteiger partial charge < -0.3 is 91.6 Å². The number of nitro groups is 2. The minimum absolute atomic E-state index is 0.0488. The Labute approximate surface area is 398 Å². The number of aliphatic hydroxyl groups is 1. The van der Waals surface area contributed by atoms with Crippen LogP contribution in [0.4, 0.5) is 17.1 Å². The first-order valence-corrected chi connectivity index (χ1v) is 19.7. The number of amides is 6. The molecule has 0 aliphatic heterocycles. The molecule has 0 aromatic heterocycles. The minimum atomic E-state index is -2.20. The molecule has 34 nitrogen and oxygen atoms in total. The summed E-state index contributed by atoms with van der Waals surface area (Å²) >= 11 is 0. The summed E-state index contributed by atoms with van der Waals surface area (Å²) in [6.45, 7) is -1.87. The van der Waals surface area contributed by atoms with Crippen LogP contribution in [0.1, 0.15) is 22.7 Å². The zero-order chi connectivity index (χ0) is 53.3. The summed E-state index contributed by atoms with van der Waals surface area (Å²) in [7, 11) is 0. The predicted molar refractivity (Wildman–Crippen MR) is 244 cm³/mol. The van der Waals surface area contributed by atoms with Gasteiger partial charge in [0, 0.05) is 18.7 Å². The number of benzene rings is 3. The number of guanidine groups is 4. The number of nitrogens with two attached hydrogens (primary N) is 5. The molecule has 0 bridgehead atoms. The third kappa shape index (κ3) is 15.8. The monoisotopic (exact) mass is 990 g/mol. The maximum absolute atomic E-state index is 14.4. The Morgan fingerprint density at radius 3 is 1.41 bits per heavy atom. The number of aromatic hydroxyl groups is 1. The molecule has 34 heteroatoms. The van der Waals surface area contributed by atoms with Crippen LogP contribution in [0.25, 0.3) is 0 Å². The van der Waals surface area contributed by atoms with Gasteiger partial charge in [0.15, 0.2) is 54.2 Å². The number of anilines is 1. The maximum Gasteiger partial charge on any atom is 0.301 e. The molecule has 0 aliphatic carbocycles. The molecule has 6 amide bonds. The van der Waals surface area contributed by atoms with E-state index in [4.69, 9.17) is 50.3 Å². The normalized spacial score (nSPS) is 12.9. The van der Waals surface area contributed by atoms with Crippen LogP contribution in [0.2, 0.25) is 0 Å². The van der Waals surface area contributed by atoms with Crippen molar-refractivity contribution in [3.8, 4) is 11.8 Å². The Balaban J connectivity index is 2.07. The molecular weight excluding hydrogens is 945 g/mol. The Morgan fingerprint density at radius 2 is 1.03 bits per heavy atom. The van der Waals surface area contributed by atoms with Crippen LogP contribution in [0.15, 0.2) is 66.7 Å². The SMILES string of the molecule is N#Cc1cc([N+](=O)[O-])c(N(Cc2ccc(O)cc2)C(CO)C(=O)NC(C(=O)NC(NC(=N)N)C(=O)NC(NC(=N)N)C(=O)NC(NC(=N)N)C(=O)NC(NC(=N)N)C(N)=O)c2ccccc2)c([N+](=O)[O-])c1. The molecule has 0 heterocycles. The number of nitrogens with one attached hydrogen (secondary N) is 13. The lowest BCUT2D eigenvalue weighted by molar-refractivity contribution is -0.392. The average molecular weight is 991 g/mol. The number of nitro benzene ring substituents is 2. The number of carbonyl (C=O) groups excluding carboxylic acids is 6. The van der Waals surface area contributed by atoms with Crippen LogP contribution in [0.5, 0.6) is 5.75 Å². The van der Waals surface area contributed by atoms with Crippen LogP contribution in [-0.4, -0.2) is 117 Å². The van der Waals surface area contributed by atoms with Gasteiger partial charge in [-0.1, -0.05) is 42.5 Å². The van der Waals surface area contributed by atoms with Gasteiger partial charge >= 0.3 is 11.4 Å². The van der Waals surface area contributed by atoms with Crippen molar-refractivity contribution in [3.63, 3.8) is 0 Å². The fraction of sp³-hybridized carbons (Fsp3) is 0.216. The maximum atomic E-state index is 14.4. The molecule has 0 radical (unpaired) electrons. The third-order valence-corrected chi connectivity index (χ3v) is 9.12. The number of phenolic OH excluding ortho intramolecular Hbond substituents is 1. The van der Waals surface area contributed by atoms with Gasteiger partial charge in [0.05, 0.1) is 28.1 Å². The van der Waals surface area contributed by atoms with Crippen LogP contribution in [0, 0.1) is 53.2 Å². The topological polar surface area (TPSA) is 590 Å². The van der Waals surface area contributed by atoms with Crippen LogP contribution < -0.4 is 81.4 Å². The van der Waals surface area contributed by atoms with Gasteiger partial charge in [0.2, 0.25) is 11.8 Å². The van der Waals surface area contributed by atoms with Crippen molar-refractivity contribution < 1.29 is 48.8 Å². The molecule has 6 unspecified atom stereocenters. The number of hydrogen-bond acceptors (Lipinski definition) is 18. The number of rotatable bonds is 23. The molecule has 6 atom stereocenters. The van der Waals surface area contributed by atoms with Gasteiger partial charge in [-0.3, -0.25) is 70.6 Å². The summed E-state index contributed by atoms with van der Waals surface area (Å²) in [5.41, 5.74) is 23.3. The molecule has 3 aromatic rings. The number of nitrogens with zero attached hydrogens (tertiary/aromatic N) is 4. The number of aliphatic hydroxyl groups excluding tert-OH is 1. The van der Waals surface area contributed by atoms with Crippen molar-refractivity contribution in [1.82, 2.24) is 47.9 Å². The molecule has 0 spiro atoms. The minimum Gasteiger partial charge on any atom is -0.508 e. The lowest BCUT2D eigenvalue weighted by Crippen LogP contribution is -2.68. The second-order valence-corrected chi connectivity index (χ2v) is 14.2. The first-order chi connectivity index (χ1) is 33.4. The highest BCUT2D eigenvalue weighted by Crippen LogP contribution is 2.41. The van der Waals surface area contributed by atoms with E-state index in [1.54, 1.807) is 6.07 Å². The van der Waals surface area contributed by atoms with E-state index in [-0.39, 0.29) is 16.9 Å². The highest BCUT2D eigenvalue weighted by atomic mass is 16.6. The molecule has 0 fully saturated rings. The van der Waals surface area contributed by atoms with Crippen molar-refractivity contribution in [3.05, 3.63) is 104 Å². The molecular formula is C37H46N22O12. The molecule has 3 aromatic carbocycles. The largest absolute Gasteiger partial charge is 0.508 e. The number of hydrogen-bond donors (Lipinski definition) is 20. The number of phenols is 1. The average Bonchev–Trinajstić information content (AvgIpc) is 3.29. The number of primary amides is 1. The molecule has 0 saturated heterocycles. The Bertz CT molecular complexity index is 2590. The van der Waals surface area contributed by atoms with Crippen LogP contribution >= 0.6 is 0 Å². The van der Waals surface area contributed by atoms with E-state index >= 15 is 0 Å². The summed E-state index contributed by atoms with van der Waals surface area (Å²) in [5.74, 6) is -12.2. The van der Waals surface area contributed by atoms with E-state index in [0.29, 0.717) is 12.1 Å². The molecule has 25 N–H and O–H groups in total. The van der Waals surface area contributed by atoms with Gasteiger partial charge in [-0.15, -0.1) is 0 Å². The summed E-state index contributed by atoms with van der Waals surface area (Å²) in [6, 6.07) is 10.9. The van der Waals surface area contributed by atoms with Crippen molar-refractivity contribution in [2.24, 2.45) is 28.7 Å². The fourth-order valence-corrected chi connectivity index (χ4v) is 6.10.